The van der Waals surface area contributed by atoms with Gasteiger partial charge in [0.2, 0.25) is 0 Å². The Morgan fingerprint density at radius 3 is 2.62 bits per heavy atom. The maximum Gasteiger partial charge on any atom is 0.0758 e. The average molecular weight is 370 g/mol. The van der Waals surface area contributed by atoms with Crippen molar-refractivity contribution in [2.75, 3.05) is 0 Å². The van der Waals surface area contributed by atoms with Crippen LogP contribution in [0, 0.1) is 0 Å². The predicted molar refractivity (Wildman–Crippen MR) is 78.5 cm³/mol. The van der Waals surface area contributed by atoms with Crippen molar-refractivity contribution in [3.05, 3.63) is 19.2 Å². The van der Waals surface area contributed by atoms with Gasteiger partial charge in [-0.15, -0.1) is 11.3 Å². The highest BCUT2D eigenvalue weighted by atomic mass is 79.9. The Balaban J connectivity index is 2.50. The maximum absolute atomic E-state index is 5.62. The first-order valence-corrected chi connectivity index (χ1v) is 8.00. The van der Waals surface area contributed by atoms with Crippen LogP contribution in [-0.2, 0) is 0 Å². The average Bonchev–Trinajstić information content (AvgIpc) is 2.58. The Morgan fingerprint density at radius 2 is 2.12 bits per heavy atom. The number of thiophene rings is 1. The smallest absolute Gasteiger partial charge is 0.0758 e. The number of hydrogen-bond donors (Lipinski definition) is 2. The number of rotatable bonds is 7. The summed E-state index contributed by atoms with van der Waals surface area (Å²) in [5, 5.41) is 0. The topological polar surface area (TPSA) is 38.0 Å². The lowest BCUT2D eigenvalue weighted by atomic mass is 10.0. The quantitative estimate of drug-likeness (QED) is 0.413. The maximum atomic E-state index is 5.62. The molecule has 1 aromatic rings. The van der Waals surface area contributed by atoms with Crippen molar-refractivity contribution in [3.8, 4) is 0 Å². The van der Waals surface area contributed by atoms with Gasteiger partial charge in [0.1, 0.15) is 0 Å². The van der Waals surface area contributed by atoms with Crippen molar-refractivity contribution in [1.29, 1.82) is 0 Å². The number of nitrogens with one attached hydrogen (secondary N) is 1. The molecule has 92 valence electrons. The van der Waals surface area contributed by atoms with Gasteiger partial charge >= 0.3 is 0 Å². The summed E-state index contributed by atoms with van der Waals surface area (Å²) in [4.78, 5) is 0. The van der Waals surface area contributed by atoms with E-state index in [4.69, 9.17) is 5.84 Å². The normalized spacial score (nSPS) is 13.0. The lowest BCUT2D eigenvalue weighted by Crippen LogP contribution is -2.27. The van der Waals surface area contributed by atoms with Crippen molar-refractivity contribution >= 4 is 43.2 Å². The number of hydrogen-bond acceptors (Lipinski definition) is 3. The van der Waals surface area contributed by atoms with E-state index in [1.54, 1.807) is 11.3 Å². The molecule has 0 aliphatic carbocycles. The second-order valence-electron chi connectivity index (χ2n) is 3.85. The van der Waals surface area contributed by atoms with Gasteiger partial charge in [0, 0.05) is 6.04 Å². The van der Waals surface area contributed by atoms with E-state index in [0.717, 1.165) is 14.0 Å². The monoisotopic (exact) mass is 368 g/mol. The van der Waals surface area contributed by atoms with Gasteiger partial charge in [-0.25, -0.2) is 0 Å². The molecule has 0 aliphatic heterocycles. The van der Waals surface area contributed by atoms with E-state index >= 15 is 0 Å². The molecule has 3 N–H and O–H groups in total. The minimum atomic E-state index is 0.258. The van der Waals surface area contributed by atoms with Gasteiger partial charge in [0.15, 0.2) is 0 Å². The zero-order valence-corrected chi connectivity index (χ0v) is 13.4. The van der Waals surface area contributed by atoms with Gasteiger partial charge in [0.05, 0.1) is 7.57 Å². The van der Waals surface area contributed by atoms with Crippen LogP contribution in [0.1, 0.15) is 50.6 Å². The fraction of sp³-hybridized carbons (Fsp3) is 0.636. The van der Waals surface area contributed by atoms with Crippen LogP contribution >= 0.6 is 43.2 Å². The van der Waals surface area contributed by atoms with Crippen LogP contribution in [0.5, 0.6) is 0 Å². The van der Waals surface area contributed by atoms with Crippen LogP contribution in [0.4, 0.5) is 0 Å². The molecule has 0 aliphatic rings. The highest BCUT2D eigenvalue weighted by Gasteiger charge is 2.15. The summed E-state index contributed by atoms with van der Waals surface area (Å²) in [6, 6.07) is 2.40. The van der Waals surface area contributed by atoms with Gasteiger partial charge in [0.25, 0.3) is 0 Å². The highest BCUT2D eigenvalue weighted by molar-refractivity contribution is 9.12. The van der Waals surface area contributed by atoms with E-state index in [1.807, 2.05) is 0 Å². The number of nitrogens with two attached hydrogens (primary N) is 1. The third-order valence-electron chi connectivity index (χ3n) is 2.61. The highest BCUT2D eigenvalue weighted by Crippen LogP contribution is 2.36. The van der Waals surface area contributed by atoms with Crippen molar-refractivity contribution in [2.45, 2.75) is 45.1 Å². The van der Waals surface area contributed by atoms with Crippen molar-refractivity contribution in [2.24, 2.45) is 5.84 Å². The molecule has 0 saturated heterocycles. The second kappa shape index (κ2) is 7.82. The number of hydrazine groups is 1. The largest absolute Gasteiger partial charge is 0.271 e. The molecule has 0 bridgehead atoms. The van der Waals surface area contributed by atoms with Gasteiger partial charge in [-0.1, -0.05) is 32.6 Å². The lowest BCUT2D eigenvalue weighted by Gasteiger charge is -2.15. The Hall–Kier alpha value is 0.580. The fourth-order valence-corrected chi connectivity index (χ4v) is 4.67. The van der Waals surface area contributed by atoms with Gasteiger partial charge in [-0.05, 0) is 49.9 Å². The molecule has 0 saturated carbocycles. The lowest BCUT2D eigenvalue weighted by molar-refractivity contribution is 0.482. The molecule has 5 heteroatoms. The summed E-state index contributed by atoms with van der Waals surface area (Å²) in [5.41, 5.74) is 4.17. The van der Waals surface area contributed by atoms with Crippen LogP contribution < -0.4 is 11.3 Å². The minimum absolute atomic E-state index is 0.258. The summed E-state index contributed by atoms with van der Waals surface area (Å²) < 4.78 is 2.31. The van der Waals surface area contributed by atoms with Crippen LogP contribution in [0.15, 0.2) is 13.6 Å². The molecular formula is C11H18Br2N2S. The van der Waals surface area contributed by atoms with E-state index < -0.39 is 0 Å². The Bertz CT molecular complexity index is 315. The molecule has 16 heavy (non-hydrogen) atoms. The molecule has 1 aromatic heterocycles. The molecule has 1 rings (SSSR count). The standard InChI is InChI=1S/C11H18Br2N2S/c1-2-3-4-5-6-9(15-14)8-7-10(12)16-11(8)13/h7,9,15H,2-6,14H2,1H3. The molecule has 0 fully saturated rings. The van der Waals surface area contributed by atoms with Crippen LogP contribution in [0.2, 0.25) is 0 Å². The Kier molecular flexibility index (Phi) is 7.16. The second-order valence-corrected chi connectivity index (χ2v) is 7.60. The molecule has 2 nitrogen and oxygen atoms in total. The van der Waals surface area contributed by atoms with Crippen molar-refractivity contribution in [1.82, 2.24) is 5.43 Å². The third kappa shape index (κ3) is 4.45. The van der Waals surface area contributed by atoms with E-state index in [0.29, 0.717) is 0 Å². The number of unbranched alkanes of at least 4 members (excludes halogenated alkanes) is 3. The number of halogens is 2. The van der Waals surface area contributed by atoms with E-state index in [1.165, 1.54) is 31.2 Å². The zero-order valence-electron chi connectivity index (χ0n) is 9.43. The molecule has 0 spiro atoms. The Morgan fingerprint density at radius 1 is 1.38 bits per heavy atom. The molecule has 0 aromatic carbocycles. The van der Waals surface area contributed by atoms with Crippen LogP contribution in [0.3, 0.4) is 0 Å². The molecule has 1 atom stereocenters. The summed E-state index contributed by atoms with van der Waals surface area (Å²) in [6.45, 7) is 2.23. The summed E-state index contributed by atoms with van der Waals surface area (Å²) in [6.07, 6.45) is 6.19. The van der Waals surface area contributed by atoms with E-state index in [2.05, 4.69) is 50.3 Å². The van der Waals surface area contributed by atoms with Crippen molar-refractivity contribution < 1.29 is 0 Å². The fourth-order valence-electron chi connectivity index (χ4n) is 1.69. The zero-order chi connectivity index (χ0) is 12.0. The SMILES string of the molecule is CCCCCCC(NN)c1cc(Br)sc1Br. The Labute approximate surface area is 118 Å². The first-order chi connectivity index (χ1) is 7.69. The summed E-state index contributed by atoms with van der Waals surface area (Å²) in [5.74, 6) is 5.62. The molecule has 1 unspecified atom stereocenters. The molecule has 1 heterocycles. The summed E-state index contributed by atoms with van der Waals surface area (Å²) in [7, 11) is 0. The van der Waals surface area contributed by atoms with Crippen LogP contribution in [-0.4, -0.2) is 0 Å². The van der Waals surface area contributed by atoms with Gasteiger partial charge in [-0.3, -0.25) is 11.3 Å². The first kappa shape index (κ1) is 14.6. The van der Waals surface area contributed by atoms with Crippen LogP contribution in [0.25, 0.3) is 0 Å². The molecular weight excluding hydrogens is 352 g/mol. The van der Waals surface area contributed by atoms with E-state index in [9.17, 15) is 0 Å². The predicted octanol–water partition coefficient (Wildman–Crippen LogP) is 4.75. The summed E-state index contributed by atoms with van der Waals surface area (Å²) >= 11 is 8.76. The van der Waals surface area contributed by atoms with Crippen molar-refractivity contribution in [3.63, 3.8) is 0 Å². The third-order valence-corrected chi connectivity index (χ3v) is 4.99. The molecule has 0 radical (unpaired) electrons. The first-order valence-electron chi connectivity index (χ1n) is 5.59. The van der Waals surface area contributed by atoms with Gasteiger partial charge < -0.3 is 0 Å². The minimum Gasteiger partial charge on any atom is -0.271 e. The van der Waals surface area contributed by atoms with Gasteiger partial charge in [-0.2, -0.15) is 0 Å². The molecule has 0 amide bonds. The van der Waals surface area contributed by atoms with E-state index in [-0.39, 0.29) is 6.04 Å².